The zero-order chi connectivity index (χ0) is 34.6. The Morgan fingerprint density at radius 3 is 2.45 bits per heavy atom. The molecule has 0 bridgehead atoms. The minimum atomic E-state index is -0.997. The van der Waals surface area contributed by atoms with E-state index < -0.39 is 29.7 Å². The Labute approximate surface area is 280 Å². The highest BCUT2D eigenvalue weighted by Crippen LogP contribution is 2.41. The van der Waals surface area contributed by atoms with Crippen molar-refractivity contribution < 1.29 is 33.3 Å². The first-order chi connectivity index (χ1) is 22.5. The summed E-state index contributed by atoms with van der Waals surface area (Å²) < 4.78 is 22.3. The number of methoxy groups -OCH3 is 3. The fourth-order valence-electron chi connectivity index (χ4n) is 6.21. The van der Waals surface area contributed by atoms with Crippen molar-refractivity contribution in [1.82, 2.24) is 10.2 Å². The van der Waals surface area contributed by atoms with Gasteiger partial charge in [0.15, 0.2) is 0 Å². The van der Waals surface area contributed by atoms with Gasteiger partial charge in [0.25, 0.3) is 0 Å². The SMILES string of the molecule is C=CCCCCC[C@H](NC(=O)OCCC(C)(C)CC=C)C(=O)N1CC(OC)(c2ccc3cc(OC)c(C=C)cc3c2)CC1C(=O)OC. The molecule has 2 amide bonds. The van der Waals surface area contributed by atoms with E-state index in [4.69, 9.17) is 18.9 Å². The number of allylic oxidation sites excluding steroid dienone is 2. The summed E-state index contributed by atoms with van der Waals surface area (Å²) in [4.78, 5) is 41.9. The van der Waals surface area contributed by atoms with E-state index >= 15 is 0 Å². The molecule has 1 aliphatic rings. The van der Waals surface area contributed by atoms with Gasteiger partial charge in [-0.05, 0) is 72.1 Å². The number of esters is 1. The van der Waals surface area contributed by atoms with Gasteiger partial charge in [-0.15, -0.1) is 13.2 Å². The number of amides is 2. The van der Waals surface area contributed by atoms with Crippen molar-refractivity contribution in [3.63, 3.8) is 0 Å². The Hall–Kier alpha value is -4.11. The number of carbonyl (C=O) groups excluding carboxylic acids is 3. The number of hydrogen-bond acceptors (Lipinski definition) is 7. The van der Waals surface area contributed by atoms with Crippen LogP contribution in [0.1, 0.15) is 76.3 Å². The lowest BCUT2D eigenvalue weighted by Crippen LogP contribution is -2.52. The van der Waals surface area contributed by atoms with Gasteiger partial charge in [0, 0.05) is 19.1 Å². The van der Waals surface area contributed by atoms with Crippen LogP contribution in [0, 0.1) is 5.41 Å². The van der Waals surface area contributed by atoms with Gasteiger partial charge in [-0.1, -0.05) is 63.6 Å². The summed E-state index contributed by atoms with van der Waals surface area (Å²) in [6, 6.07) is 8.05. The second-order valence-corrected chi connectivity index (χ2v) is 12.9. The molecular formula is C38H52N2O7. The van der Waals surface area contributed by atoms with Crippen LogP contribution in [-0.2, 0) is 29.4 Å². The van der Waals surface area contributed by atoms with Crippen molar-refractivity contribution in [1.29, 1.82) is 0 Å². The fourth-order valence-corrected chi connectivity index (χ4v) is 6.21. The molecule has 47 heavy (non-hydrogen) atoms. The van der Waals surface area contributed by atoms with Gasteiger partial charge < -0.3 is 29.2 Å². The Kier molecular flexibility index (Phi) is 13.6. The summed E-state index contributed by atoms with van der Waals surface area (Å²) in [6.07, 6.45) is 10.1. The highest BCUT2D eigenvalue weighted by atomic mass is 16.5. The Morgan fingerprint density at radius 2 is 1.81 bits per heavy atom. The predicted octanol–water partition coefficient (Wildman–Crippen LogP) is 7.33. The number of carbonyl (C=O) groups is 3. The lowest BCUT2D eigenvalue weighted by atomic mass is 9.86. The second-order valence-electron chi connectivity index (χ2n) is 12.9. The fraction of sp³-hybridized carbons (Fsp3) is 0.500. The first-order valence-corrected chi connectivity index (χ1v) is 16.3. The van der Waals surface area contributed by atoms with E-state index in [9.17, 15) is 14.4 Å². The molecule has 0 saturated carbocycles. The van der Waals surface area contributed by atoms with Gasteiger partial charge >= 0.3 is 12.1 Å². The number of nitrogens with one attached hydrogen (secondary N) is 1. The molecule has 2 aromatic rings. The third kappa shape index (κ3) is 9.47. The number of unbranched alkanes of at least 4 members (excludes halogenated alkanes) is 3. The van der Waals surface area contributed by atoms with Crippen molar-refractivity contribution in [2.45, 2.75) is 82.9 Å². The van der Waals surface area contributed by atoms with E-state index in [1.54, 1.807) is 20.3 Å². The van der Waals surface area contributed by atoms with E-state index in [1.165, 1.54) is 12.0 Å². The smallest absolute Gasteiger partial charge is 0.407 e. The van der Waals surface area contributed by atoms with Crippen LogP contribution in [0.25, 0.3) is 16.8 Å². The number of fused-ring (bicyclic) bond motifs is 1. The third-order valence-electron chi connectivity index (χ3n) is 9.11. The maximum absolute atomic E-state index is 14.3. The highest BCUT2D eigenvalue weighted by molar-refractivity contribution is 5.91. The Morgan fingerprint density at radius 1 is 1.04 bits per heavy atom. The summed E-state index contributed by atoms with van der Waals surface area (Å²) in [5.74, 6) is -0.216. The van der Waals surface area contributed by atoms with Crippen molar-refractivity contribution in [3.8, 4) is 5.75 Å². The van der Waals surface area contributed by atoms with Crippen molar-refractivity contribution in [3.05, 3.63) is 73.3 Å². The largest absolute Gasteiger partial charge is 0.496 e. The molecule has 3 rings (SSSR count). The molecule has 9 nitrogen and oxygen atoms in total. The number of rotatable bonds is 18. The van der Waals surface area contributed by atoms with Crippen LogP contribution in [0.5, 0.6) is 5.75 Å². The molecule has 1 aliphatic heterocycles. The molecule has 0 aromatic heterocycles. The number of benzene rings is 2. The number of likely N-dealkylation sites (tertiary alicyclic amines) is 1. The minimum absolute atomic E-state index is 0.0722. The van der Waals surface area contributed by atoms with Crippen molar-refractivity contribution in [2.24, 2.45) is 5.41 Å². The molecule has 2 aromatic carbocycles. The van der Waals surface area contributed by atoms with Crippen LogP contribution >= 0.6 is 0 Å². The second kappa shape index (κ2) is 17.2. The first kappa shape index (κ1) is 37.3. The summed E-state index contributed by atoms with van der Waals surface area (Å²) in [5.41, 5.74) is 0.588. The average molecular weight is 649 g/mol. The number of nitrogens with zero attached hydrogens (tertiary/aromatic N) is 1. The van der Waals surface area contributed by atoms with E-state index in [0.717, 1.165) is 47.6 Å². The maximum Gasteiger partial charge on any atom is 0.407 e. The molecule has 9 heteroatoms. The lowest BCUT2D eigenvalue weighted by Gasteiger charge is -2.30. The summed E-state index contributed by atoms with van der Waals surface area (Å²) >= 11 is 0. The van der Waals surface area contributed by atoms with Gasteiger partial charge in [-0.3, -0.25) is 4.79 Å². The minimum Gasteiger partial charge on any atom is -0.496 e. The molecule has 0 radical (unpaired) electrons. The van der Waals surface area contributed by atoms with Crippen molar-refractivity contribution >= 4 is 34.8 Å². The quantitative estimate of drug-likeness (QED) is 0.103. The van der Waals surface area contributed by atoms with E-state index in [0.29, 0.717) is 25.0 Å². The van der Waals surface area contributed by atoms with E-state index in [2.05, 4.69) is 38.9 Å². The molecular weight excluding hydrogens is 596 g/mol. The van der Waals surface area contributed by atoms with Crippen molar-refractivity contribution in [2.75, 3.05) is 34.5 Å². The lowest BCUT2D eigenvalue weighted by molar-refractivity contribution is -0.151. The van der Waals surface area contributed by atoms with Gasteiger partial charge in [0.1, 0.15) is 23.4 Å². The standard InChI is InChI=1S/C38H52N2O7/c1-9-12-13-14-15-16-31(39-36(43)47-21-20-37(4,5)19-10-2)34(41)40-26-38(46-8,25-32(40)35(42)45-7)30-18-17-28-24-33(44-6)27(11-3)22-29(28)23-30/h9-11,17-18,22-24,31-32H,1-3,12-16,19-21,25-26H2,4-8H3,(H,39,43)/t31-,32?,38?/m0/s1. The van der Waals surface area contributed by atoms with Gasteiger partial charge in [0.2, 0.25) is 5.91 Å². The summed E-state index contributed by atoms with van der Waals surface area (Å²) in [5, 5.41) is 4.71. The summed E-state index contributed by atoms with van der Waals surface area (Å²) in [6.45, 7) is 15.9. The summed E-state index contributed by atoms with van der Waals surface area (Å²) in [7, 11) is 4.50. The Bertz CT molecular complexity index is 1430. The van der Waals surface area contributed by atoms with Crippen LogP contribution < -0.4 is 10.1 Å². The molecule has 0 spiro atoms. The zero-order valence-electron chi connectivity index (χ0n) is 28.8. The molecule has 3 atom stereocenters. The van der Waals surface area contributed by atoms with Gasteiger partial charge in [-0.2, -0.15) is 0 Å². The van der Waals surface area contributed by atoms with E-state index in [1.807, 2.05) is 42.5 Å². The molecule has 0 aliphatic carbocycles. The third-order valence-corrected chi connectivity index (χ3v) is 9.11. The Balaban J connectivity index is 1.90. The molecule has 1 heterocycles. The molecule has 2 unspecified atom stereocenters. The van der Waals surface area contributed by atoms with Crippen LogP contribution in [-0.4, -0.2) is 69.4 Å². The normalized spacial score (nSPS) is 18.3. The number of ether oxygens (including phenoxy) is 4. The van der Waals surface area contributed by atoms with Gasteiger partial charge in [0.05, 0.1) is 27.4 Å². The van der Waals surface area contributed by atoms with Crippen LogP contribution in [0.3, 0.4) is 0 Å². The maximum atomic E-state index is 14.3. The monoisotopic (exact) mass is 648 g/mol. The number of hydrogen-bond donors (Lipinski definition) is 1. The number of alkyl carbamates (subject to hydrolysis) is 1. The molecule has 256 valence electrons. The average Bonchev–Trinajstić information content (AvgIpc) is 3.47. The van der Waals surface area contributed by atoms with Crippen LogP contribution in [0.4, 0.5) is 4.79 Å². The molecule has 1 N–H and O–H groups in total. The highest BCUT2D eigenvalue weighted by Gasteiger charge is 2.52. The van der Waals surface area contributed by atoms with Crippen LogP contribution in [0.15, 0.2) is 62.2 Å². The zero-order valence-corrected chi connectivity index (χ0v) is 28.8. The first-order valence-electron chi connectivity index (χ1n) is 16.3. The van der Waals surface area contributed by atoms with E-state index in [-0.39, 0.29) is 30.9 Å². The topological polar surface area (TPSA) is 103 Å². The van der Waals surface area contributed by atoms with Crippen LogP contribution in [0.2, 0.25) is 0 Å². The predicted molar refractivity (Wildman–Crippen MR) is 186 cm³/mol. The molecule has 1 fully saturated rings. The van der Waals surface area contributed by atoms with Gasteiger partial charge in [-0.25, -0.2) is 9.59 Å². The molecule has 1 saturated heterocycles.